The van der Waals surface area contributed by atoms with E-state index in [2.05, 4.69) is 4.98 Å². The van der Waals surface area contributed by atoms with Crippen LogP contribution in [0, 0.1) is 18.6 Å². The van der Waals surface area contributed by atoms with Crippen molar-refractivity contribution in [3.63, 3.8) is 0 Å². The molecule has 49 heavy (non-hydrogen) atoms. The molecule has 0 aliphatic carbocycles. The topological polar surface area (TPSA) is 101 Å². The molecule has 0 unspecified atom stereocenters. The lowest BCUT2D eigenvalue weighted by atomic mass is 9.80. The minimum atomic E-state index is -1.07. The zero-order chi connectivity index (χ0) is 34.5. The predicted octanol–water partition coefficient (Wildman–Crippen LogP) is 7.12. The fourth-order valence-electron chi connectivity index (χ4n) is 6.02. The Hall–Kier alpha value is -4.87. The van der Waals surface area contributed by atoms with Crippen LogP contribution in [0.2, 0.25) is 0 Å². The Morgan fingerprint density at radius 2 is 1.45 bits per heavy atom. The number of hydrogen-bond acceptors (Lipinski definition) is 9. The molecular formula is C39H38N2O7S. The summed E-state index contributed by atoms with van der Waals surface area (Å²) in [5.41, 5.74) is 3.60. The molecule has 0 radical (unpaired) electrons. The number of carbonyl (C=O) groups is 1. The van der Waals surface area contributed by atoms with E-state index in [1.807, 2.05) is 97.9 Å². The van der Waals surface area contributed by atoms with Crippen LogP contribution < -0.4 is 14.2 Å². The first-order valence-electron chi connectivity index (χ1n) is 15.9. The number of aliphatic hydroxyl groups is 1. The van der Waals surface area contributed by atoms with Gasteiger partial charge in [0.25, 0.3) is 0 Å². The van der Waals surface area contributed by atoms with E-state index in [0.717, 1.165) is 33.8 Å². The lowest BCUT2D eigenvalue weighted by molar-refractivity contribution is -0.0941. The molecule has 252 valence electrons. The van der Waals surface area contributed by atoms with E-state index >= 15 is 0 Å². The third-order valence-corrected chi connectivity index (χ3v) is 9.02. The van der Waals surface area contributed by atoms with Gasteiger partial charge < -0.3 is 28.8 Å². The minimum Gasteiger partial charge on any atom is -0.497 e. The van der Waals surface area contributed by atoms with E-state index in [-0.39, 0.29) is 23.7 Å². The van der Waals surface area contributed by atoms with E-state index in [4.69, 9.17) is 35.9 Å². The molecule has 0 bridgehead atoms. The molecule has 3 atom stereocenters. The van der Waals surface area contributed by atoms with Crippen molar-refractivity contribution in [3.05, 3.63) is 147 Å². The Bertz CT molecular complexity index is 1900. The molecule has 1 aliphatic heterocycles. The zero-order valence-corrected chi connectivity index (χ0v) is 28.6. The van der Waals surface area contributed by atoms with Crippen molar-refractivity contribution in [1.82, 2.24) is 9.55 Å². The summed E-state index contributed by atoms with van der Waals surface area (Å²) in [7, 11) is 3.26. The summed E-state index contributed by atoms with van der Waals surface area (Å²) in [6, 6.07) is 32.5. The fraction of sp³-hybridized carbons (Fsp3) is 0.256. The van der Waals surface area contributed by atoms with Crippen LogP contribution in [-0.2, 0) is 15.1 Å². The van der Waals surface area contributed by atoms with E-state index in [9.17, 15) is 9.90 Å². The van der Waals surface area contributed by atoms with Gasteiger partial charge in [-0.05, 0) is 79.2 Å². The van der Waals surface area contributed by atoms with E-state index in [0.29, 0.717) is 11.1 Å². The Kier molecular flexibility index (Phi) is 10.2. The SMILES string of the molecule is COc1ccc(C(OC[C@H]2O[C@@H](n3cc(C)c(OC(=O)c4ccc(C)cc4)nc3=S)C[C@@H]2O)(c2ccccc2)c2ccc(OC)cc2)cc1. The molecule has 1 saturated heterocycles. The smallest absolute Gasteiger partial charge is 0.344 e. The van der Waals surface area contributed by atoms with Crippen LogP contribution in [0.15, 0.2) is 109 Å². The maximum Gasteiger partial charge on any atom is 0.344 e. The number of rotatable bonds is 11. The van der Waals surface area contributed by atoms with Gasteiger partial charge in [0.05, 0.1) is 32.5 Å². The van der Waals surface area contributed by atoms with Gasteiger partial charge in [-0.25, -0.2) is 4.79 Å². The second-order valence-corrected chi connectivity index (χ2v) is 12.3. The number of ether oxygens (including phenoxy) is 5. The van der Waals surface area contributed by atoms with Crippen LogP contribution in [0.4, 0.5) is 0 Å². The summed E-state index contributed by atoms with van der Waals surface area (Å²) < 4.78 is 31.7. The molecule has 0 spiro atoms. The van der Waals surface area contributed by atoms with Crippen molar-refractivity contribution in [2.45, 2.75) is 44.3 Å². The summed E-state index contributed by atoms with van der Waals surface area (Å²) in [4.78, 5) is 17.2. The highest BCUT2D eigenvalue weighted by Crippen LogP contribution is 2.43. The van der Waals surface area contributed by atoms with Gasteiger partial charge in [0.15, 0.2) is 0 Å². The summed E-state index contributed by atoms with van der Waals surface area (Å²) in [5, 5.41) is 11.3. The first-order valence-corrected chi connectivity index (χ1v) is 16.3. The van der Waals surface area contributed by atoms with Crippen LogP contribution in [-0.4, -0.2) is 53.7 Å². The van der Waals surface area contributed by atoms with Crippen LogP contribution in [0.5, 0.6) is 17.4 Å². The highest BCUT2D eigenvalue weighted by atomic mass is 32.1. The average molecular weight is 679 g/mol. The van der Waals surface area contributed by atoms with Crippen molar-refractivity contribution >= 4 is 18.2 Å². The Morgan fingerprint density at radius 1 is 0.878 bits per heavy atom. The van der Waals surface area contributed by atoms with Gasteiger partial charge in [-0.3, -0.25) is 4.57 Å². The molecule has 4 aromatic carbocycles. The quantitative estimate of drug-likeness (QED) is 0.0889. The number of aryl methyl sites for hydroxylation is 2. The number of esters is 1. The summed E-state index contributed by atoms with van der Waals surface area (Å²) in [6.07, 6.45) is -0.166. The number of hydrogen-bond donors (Lipinski definition) is 1. The number of benzene rings is 4. The van der Waals surface area contributed by atoms with E-state index in [1.54, 1.807) is 44.0 Å². The highest BCUT2D eigenvalue weighted by Gasteiger charge is 2.42. The maximum absolute atomic E-state index is 12.8. The first-order chi connectivity index (χ1) is 23.7. The number of nitrogens with zero attached hydrogens (tertiary/aromatic N) is 2. The second kappa shape index (κ2) is 14.7. The molecule has 1 aliphatic rings. The standard InChI is InChI=1S/C39H38N2O7S/c1-25-10-12-27(13-11-25)37(43)48-36-26(2)23-41(38(49)40-36)35-22-33(42)34(47-35)24-46-39(28-8-6-5-7-9-28,29-14-18-31(44-3)19-15-29)30-16-20-32(45-4)21-17-30/h5-21,23,33-35,42H,22,24H2,1-4H3/t33-,34+,35+/m0/s1. The lowest BCUT2D eigenvalue weighted by Crippen LogP contribution is -2.38. The molecule has 9 nitrogen and oxygen atoms in total. The minimum absolute atomic E-state index is 0.0522. The van der Waals surface area contributed by atoms with Crippen molar-refractivity contribution in [1.29, 1.82) is 0 Å². The van der Waals surface area contributed by atoms with Gasteiger partial charge in [0.1, 0.15) is 29.4 Å². The first kappa shape index (κ1) is 34.0. The van der Waals surface area contributed by atoms with Gasteiger partial charge in [0.2, 0.25) is 10.7 Å². The molecule has 6 rings (SSSR count). The molecule has 1 fully saturated rings. The van der Waals surface area contributed by atoms with Crippen molar-refractivity contribution in [2.24, 2.45) is 0 Å². The van der Waals surface area contributed by atoms with Crippen LogP contribution >= 0.6 is 12.2 Å². The second-order valence-electron chi connectivity index (χ2n) is 11.9. The Balaban J connectivity index is 1.27. The summed E-state index contributed by atoms with van der Waals surface area (Å²) in [5.74, 6) is 1.03. The molecule has 0 amide bonds. The average Bonchev–Trinajstić information content (AvgIpc) is 3.50. The third-order valence-electron chi connectivity index (χ3n) is 8.72. The Morgan fingerprint density at radius 3 is 2.02 bits per heavy atom. The number of aliphatic hydroxyl groups excluding tert-OH is 1. The van der Waals surface area contributed by atoms with Crippen LogP contribution in [0.3, 0.4) is 0 Å². The summed E-state index contributed by atoms with van der Waals surface area (Å²) in [6.45, 7) is 3.77. The van der Waals surface area contributed by atoms with Crippen molar-refractivity contribution < 1.29 is 33.6 Å². The number of carbonyl (C=O) groups excluding carboxylic acids is 1. The monoisotopic (exact) mass is 678 g/mol. The summed E-state index contributed by atoms with van der Waals surface area (Å²) >= 11 is 5.60. The van der Waals surface area contributed by atoms with Gasteiger partial charge in [-0.15, -0.1) is 0 Å². The molecule has 5 aromatic rings. The van der Waals surface area contributed by atoms with Gasteiger partial charge in [-0.1, -0.05) is 72.3 Å². The van der Waals surface area contributed by atoms with Crippen LogP contribution in [0.25, 0.3) is 0 Å². The lowest BCUT2D eigenvalue weighted by Gasteiger charge is -2.37. The fourth-order valence-corrected chi connectivity index (χ4v) is 6.27. The molecule has 2 heterocycles. The van der Waals surface area contributed by atoms with E-state index in [1.165, 1.54) is 0 Å². The maximum atomic E-state index is 12.8. The highest BCUT2D eigenvalue weighted by molar-refractivity contribution is 7.71. The van der Waals surface area contributed by atoms with Crippen molar-refractivity contribution in [3.8, 4) is 17.4 Å². The molecule has 0 saturated carbocycles. The van der Waals surface area contributed by atoms with Crippen molar-refractivity contribution in [2.75, 3.05) is 20.8 Å². The Labute approximate surface area is 290 Å². The molecular weight excluding hydrogens is 641 g/mol. The largest absolute Gasteiger partial charge is 0.497 e. The predicted molar refractivity (Wildman–Crippen MR) is 187 cm³/mol. The van der Waals surface area contributed by atoms with Gasteiger partial charge >= 0.3 is 5.97 Å². The molecule has 10 heteroatoms. The number of aromatic nitrogens is 2. The molecule has 1 aromatic heterocycles. The molecule has 1 N–H and O–H groups in total. The number of methoxy groups -OCH3 is 2. The van der Waals surface area contributed by atoms with E-state index < -0.39 is 30.0 Å². The zero-order valence-electron chi connectivity index (χ0n) is 27.7. The van der Waals surface area contributed by atoms with Gasteiger partial charge in [0, 0.05) is 18.2 Å². The third kappa shape index (κ3) is 7.13. The normalized spacial score (nSPS) is 17.4. The van der Waals surface area contributed by atoms with Gasteiger partial charge in [-0.2, -0.15) is 4.98 Å². The van der Waals surface area contributed by atoms with Crippen LogP contribution in [0.1, 0.15) is 50.8 Å².